The van der Waals surface area contributed by atoms with Crippen LogP contribution in [0.3, 0.4) is 0 Å². The summed E-state index contributed by atoms with van der Waals surface area (Å²) in [5.74, 6) is 0.179. The van der Waals surface area contributed by atoms with Crippen molar-refractivity contribution in [3.8, 4) is 0 Å². The fraction of sp³-hybridized carbons (Fsp3) is 0.409. The number of aryl methyl sites for hydroxylation is 1. The molecule has 1 amide bonds. The van der Waals surface area contributed by atoms with Crippen LogP contribution < -0.4 is 15.1 Å². The standard InChI is InChI=1S/C22H27N3O/c1-14-7-5-6-8-19(14)15(2)23-17-9-12-20-21(13-17)25(18-10-11-18)16(3)22(26)24(20)4/h5-9,12-13,15-16,18,23H,10-11H2,1-4H3. The Bertz CT molecular complexity index is 843. The molecule has 4 heteroatoms. The van der Waals surface area contributed by atoms with Crippen molar-refractivity contribution in [2.45, 2.75) is 51.7 Å². The summed E-state index contributed by atoms with van der Waals surface area (Å²) in [5, 5.41) is 3.64. The summed E-state index contributed by atoms with van der Waals surface area (Å²) < 4.78 is 0. The van der Waals surface area contributed by atoms with E-state index < -0.39 is 0 Å². The van der Waals surface area contributed by atoms with E-state index in [0.717, 1.165) is 11.4 Å². The molecule has 26 heavy (non-hydrogen) atoms. The smallest absolute Gasteiger partial charge is 0.249 e. The Morgan fingerprint density at radius 2 is 1.85 bits per heavy atom. The molecule has 0 saturated heterocycles. The molecule has 2 unspecified atom stereocenters. The van der Waals surface area contributed by atoms with Gasteiger partial charge in [0.15, 0.2) is 0 Å². The number of hydrogen-bond donors (Lipinski definition) is 1. The van der Waals surface area contributed by atoms with Gasteiger partial charge in [0, 0.05) is 24.8 Å². The van der Waals surface area contributed by atoms with Crippen LogP contribution in [0.25, 0.3) is 0 Å². The topological polar surface area (TPSA) is 35.6 Å². The van der Waals surface area contributed by atoms with Crippen LogP contribution in [-0.2, 0) is 4.79 Å². The molecule has 0 bridgehead atoms. The van der Waals surface area contributed by atoms with Crippen molar-refractivity contribution in [1.29, 1.82) is 0 Å². The van der Waals surface area contributed by atoms with Crippen LogP contribution >= 0.6 is 0 Å². The van der Waals surface area contributed by atoms with E-state index in [1.54, 1.807) is 4.90 Å². The second-order valence-electron chi connectivity index (χ2n) is 7.64. The highest BCUT2D eigenvalue weighted by Crippen LogP contribution is 2.43. The van der Waals surface area contributed by atoms with Crippen LogP contribution in [0.5, 0.6) is 0 Å². The summed E-state index contributed by atoms with van der Waals surface area (Å²) in [6.07, 6.45) is 2.36. The molecule has 0 aromatic heterocycles. The van der Waals surface area contributed by atoms with Gasteiger partial charge in [-0.3, -0.25) is 4.79 Å². The Kier molecular flexibility index (Phi) is 4.14. The molecule has 1 saturated carbocycles. The van der Waals surface area contributed by atoms with Crippen molar-refractivity contribution in [2.24, 2.45) is 0 Å². The highest BCUT2D eigenvalue weighted by atomic mass is 16.2. The highest BCUT2D eigenvalue weighted by molar-refractivity contribution is 6.05. The Labute approximate surface area is 155 Å². The first-order chi connectivity index (χ1) is 12.5. The van der Waals surface area contributed by atoms with Crippen LogP contribution in [0.4, 0.5) is 17.1 Å². The Hall–Kier alpha value is -2.49. The number of anilines is 3. The zero-order valence-electron chi connectivity index (χ0n) is 16.0. The SMILES string of the molecule is Cc1ccccc1C(C)Nc1ccc2c(c1)N(C1CC1)C(C)C(=O)N2C. The van der Waals surface area contributed by atoms with Gasteiger partial charge in [0.2, 0.25) is 5.91 Å². The molecule has 1 aliphatic heterocycles. The van der Waals surface area contributed by atoms with Crippen molar-refractivity contribution in [3.63, 3.8) is 0 Å². The third-order valence-corrected chi connectivity index (χ3v) is 5.70. The van der Waals surface area contributed by atoms with Crippen LogP contribution in [-0.4, -0.2) is 25.0 Å². The van der Waals surface area contributed by atoms with Gasteiger partial charge in [-0.2, -0.15) is 0 Å². The van der Waals surface area contributed by atoms with Gasteiger partial charge in [0.25, 0.3) is 0 Å². The van der Waals surface area contributed by atoms with Crippen molar-refractivity contribution >= 4 is 23.0 Å². The summed E-state index contributed by atoms with van der Waals surface area (Å²) >= 11 is 0. The lowest BCUT2D eigenvalue weighted by atomic mass is 10.0. The van der Waals surface area contributed by atoms with E-state index in [9.17, 15) is 4.79 Å². The first-order valence-corrected chi connectivity index (χ1v) is 9.49. The first-order valence-electron chi connectivity index (χ1n) is 9.49. The predicted octanol–water partition coefficient (Wildman–Crippen LogP) is 4.50. The number of nitrogens with one attached hydrogen (secondary N) is 1. The number of carbonyl (C=O) groups is 1. The number of amides is 1. The van der Waals surface area contributed by atoms with E-state index in [0.29, 0.717) is 6.04 Å². The number of nitrogens with zero attached hydrogens (tertiary/aromatic N) is 2. The van der Waals surface area contributed by atoms with Crippen LogP contribution in [0.1, 0.15) is 43.9 Å². The summed E-state index contributed by atoms with van der Waals surface area (Å²) in [6, 6.07) is 15.5. The van der Waals surface area contributed by atoms with E-state index in [1.807, 2.05) is 14.0 Å². The highest BCUT2D eigenvalue weighted by Gasteiger charge is 2.41. The monoisotopic (exact) mass is 349 g/mol. The molecule has 1 aliphatic carbocycles. The van der Waals surface area contributed by atoms with Gasteiger partial charge >= 0.3 is 0 Å². The minimum atomic E-state index is -0.0935. The summed E-state index contributed by atoms with van der Waals surface area (Å²) in [5.41, 5.74) is 5.88. The summed E-state index contributed by atoms with van der Waals surface area (Å²) in [4.78, 5) is 16.7. The molecular weight excluding hydrogens is 322 g/mol. The third kappa shape index (κ3) is 2.83. The lowest BCUT2D eigenvalue weighted by molar-refractivity contribution is -0.119. The average molecular weight is 349 g/mol. The molecular formula is C22H27N3O. The minimum absolute atomic E-state index is 0.0935. The molecule has 0 radical (unpaired) electrons. The predicted molar refractivity (Wildman–Crippen MR) is 108 cm³/mol. The Morgan fingerprint density at radius 1 is 1.12 bits per heavy atom. The fourth-order valence-corrected chi connectivity index (χ4v) is 4.10. The van der Waals surface area contributed by atoms with Crippen molar-refractivity contribution in [2.75, 3.05) is 22.2 Å². The second-order valence-corrected chi connectivity index (χ2v) is 7.64. The van der Waals surface area contributed by atoms with Crippen molar-refractivity contribution in [3.05, 3.63) is 53.6 Å². The van der Waals surface area contributed by atoms with E-state index in [4.69, 9.17) is 0 Å². The van der Waals surface area contributed by atoms with Crippen LogP contribution in [0, 0.1) is 6.92 Å². The molecule has 0 spiro atoms. The normalized spacial score (nSPS) is 20.8. The maximum Gasteiger partial charge on any atom is 0.249 e. The average Bonchev–Trinajstić information content (AvgIpc) is 3.45. The molecule has 2 atom stereocenters. The van der Waals surface area contributed by atoms with E-state index in [2.05, 4.69) is 66.5 Å². The Morgan fingerprint density at radius 3 is 2.54 bits per heavy atom. The van der Waals surface area contributed by atoms with Gasteiger partial charge in [0.1, 0.15) is 6.04 Å². The van der Waals surface area contributed by atoms with Crippen LogP contribution in [0.15, 0.2) is 42.5 Å². The summed E-state index contributed by atoms with van der Waals surface area (Å²) in [7, 11) is 1.88. The molecule has 2 aromatic carbocycles. The quantitative estimate of drug-likeness (QED) is 0.883. The molecule has 136 valence electrons. The first kappa shape index (κ1) is 17.0. The Balaban J connectivity index is 1.66. The third-order valence-electron chi connectivity index (χ3n) is 5.70. The van der Waals surface area contributed by atoms with Gasteiger partial charge < -0.3 is 15.1 Å². The number of benzene rings is 2. The van der Waals surface area contributed by atoms with E-state index in [-0.39, 0.29) is 18.0 Å². The molecule has 2 aromatic rings. The molecule has 4 nitrogen and oxygen atoms in total. The fourth-order valence-electron chi connectivity index (χ4n) is 4.10. The van der Waals surface area contributed by atoms with Gasteiger partial charge in [-0.1, -0.05) is 24.3 Å². The lowest BCUT2D eigenvalue weighted by Gasteiger charge is -2.41. The maximum atomic E-state index is 12.6. The van der Waals surface area contributed by atoms with Gasteiger partial charge in [-0.05, 0) is 62.9 Å². The molecule has 1 N–H and O–H groups in total. The van der Waals surface area contributed by atoms with E-state index in [1.165, 1.54) is 29.7 Å². The molecule has 4 rings (SSSR count). The largest absolute Gasteiger partial charge is 0.378 e. The number of likely N-dealkylation sites (N-methyl/N-ethyl adjacent to an activating group) is 1. The molecule has 2 aliphatic rings. The zero-order valence-corrected chi connectivity index (χ0v) is 16.0. The number of fused-ring (bicyclic) bond motifs is 1. The lowest BCUT2D eigenvalue weighted by Crippen LogP contribution is -2.51. The van der Waals surface area contributed by atoms with Crippen molar-refractivity contribution < 1.29 is 4.79 Å². The van der Waals surface area contributed by atoms with Crippen molar-refractivity contribution in [1.82, 2.24) is 0 Å². The zero-order chi connectivity index (χ0) is 18.4. The summed E-state index contributed by atoms with van der Waals surface area (Å²) in [6.45, 7) is 6.37. The van der Waals surface area contributed by atoms with Gasteiger partial charge in [0.05, 0.1) is 11.4 Å². The number of rotatable bonds is 4. The minimum Gasteiger partial charge on any atom is -0.378 e. The maximum absolute atomic E-state index is 12.6. The number of carbonyl (C=O) groups excluding carboxylic acids is 1. The van der Waals surface area contributed by atoms with Crippen LogP contribution in [0.2, 0.25) is 0 Å². The van der Waals surface area contributed by atoms with Gasteiger partial charge in [-0.15, -0.1) is 0 Å². The van der Waals surface area contributed by atoms with E-state index >= 15 is 0 Å². The molecule has 1 fully saturated rings. The second kappa shape index (κ2) is 6.35. The number of hydrogen-bond acceptors (Lipinski definition) is 3. The van der Waals surface area contributed by atoms with Gasteiger partial charge in [-0.25, -0.2) is 0 Å². The molecule has 1 heterocycles.